The van der Waals surface area contributed by atoms with Crippen LogP contribution in [0, 0.1) is 12.3 Å². The van der Waals surface area contributed by atoms with E-state index < -0.39 is 0 Å². The van der Waals surface area contributed by atoms with E-state index in [0.717, 1.165) is 37.1 Å². The van der Waals surface area contributed by atoms with Crippen LogP contribution in [0.15, 0.2) is 18.2 Å². The molecule has 0 aromatic heterocycles. The number of rotatable bonds is 2. The monoisotopic (exact) mass is 260 g/mol. The molecule has 3 nitrogen and oxygen atoms in total. The minimum atomic E-state index is 0.128. The average molecular weight is 260 g/mol. The molecule has 104 valence electrons. The Balaban J connectivity index is 2.12. The standard InChI is InChI=1S/C16H24N2O/c1-4-16(3)8-10-18(11-9-16)15(19)13-6-5-7-14(17)12(13)2/h5-7H,4,8-11,17H2,1-3H3. The van der Waals surface area contributed by atoms with Gasteiger partial charge < -0.3 is 10.6 Å². The van der Waals surface area contributed by atoms with E-state index in [9.17, 15) is 4.79 Å². The van der Waals surface area contributed by atoms with Gasteiger partial charge in [-0.3, -0.25) is 4.79 Å². The number of benzene rings is 1. The van der Waals surface area contributed by atoms with Crippen molar-refractivity contribution >= 4 is 11.6 Å². The topological polar surface area (TPSA) is 46.3 Å². The lowest BCUT2D eigenvalue weighted by Crippen LogP contribution is -2.42. The van der Waals surface area contributed by atoms with Crippen LogP contribution in [0.5, 0.6) is 0 Å². The number of carbonyl (C=O) groups is 1. The maximum Gasteiger partial charge on any atom is 0.254 e. The van der Waals surface area contributed by atoms with E-state index >= 15 is 0 Å². The number of hydrogen-bond acceptors (Lipinski definition) is 2. The van der Waals surface area contributed by atoms with Crippen molar-refractivity contribution in [2.75, 3.05) is 18.8 Å². The summed E-state index contributed by atoms with van der Waals surface area (Å²) in [7, 11) is 0. The van der Waals surface area contributed by atoms with Crippen molar-refractivity contribution in [3.8, 4) is 0 Å². The summed E-state index contributed by atoms with van der Waals surface area (Å²) in [5.41, 5.74) is 8.63. The molecule has 0 bridgehead atoms. The van der Waals surface area contributed by atoms with Gasteiger partial charge in [-0.2, -0.15) is 0 Å². The van der Waals surface area contributed by atoms with Crippen LogP contribution >= 0.6 is 0 Å². The van der Waals surface area contributed by atoms with Crippen molar-refractivity contribution in [3.05, 3.63) is 29.3 Å². The highest BCUT2D eigenvalue weighted by Crippen LogP contribution is 2.34. The van der Waals surface area contributed by atoms with Crippen LogP contribution in [0.2, 0.25) is 0 Å². The molecule has 1 aromatic rings. The third-order valence-electron chi connectivity index (χ3n) is 4.72. The van der Waals surface area contributed by atoms with Crippen LogP contribution in [0.1, 0.15) is 49.0 Å². The number of hydrogen-bond donors (Lipinski definition) is 1. The molecule has 19 heavy (non-hydrogen) atoms. The van der Waals surface area contributed by atoms with Gasteiger partial charge in [-0.1, -0.05) is 26.3 Å². The normalized spacial score (nSPS) is 18.4. The number of nitrogens with zero attached hydrogens (tertiary/aromatic N) is 1. The van der Waals surface area contributed by atoms with E-state index in [-0.39, 0.29) is 5.91 Å². The fraction of sp³-hybridized carbons (Fsp3) is 0.562. The van der Waals surface area contributed by atoms with Gasteiger partial charge in [-0.05, 0) is 42.9 Å². The minimum Gasteiger partial charge on any atom is -0.398 e. The van der Waals surface area contributed by atoms with Crippen LogP contribution in [0.25, 0.3) is 0 Å². The molecule has 0 radical (unpaired) electrons. The van der Waals surface area contributed by atoms with E-state index in [4.69, 9.17) is 5.73 Å². The Morgan fingerprint density at radius 2 is 2.00 bits per heavy atom. The third-order valence-corrected chi connectivity index (χ3v) is 4.72. The molecule has 0 spiro atoms. The van der Waals surface area contributed by atoms with Crippen molar-refractivity contribution in [1.82, 2.24) is 4.90 Å². The molecule has 1 aliphatic heterocycles. The summed E-state index contributed by atoms with van der Waals surface area (Å²) in [6, 6.07) is 5.58. The van der Waals surface area contributed by atoms with E-state index in [0.29, 0.717) is 11.1 Å². The molecule has 1 aliphatic rings. The second kappa shape index (κ2) is 5.24. The largest absolute Gasteiger partial charge is 0.398 e. The molecule has 0 saturated carbocycles. The molecular weight excluding hydrogens is 236 g/mol. The highest BCUT2D eigenvalue weighted by molar-refractivity contribution is 5.97. The predicted octanol–water partition coefficient (Wildman–Crippen LogP) is 3.23. The van der Waals surface area contributed by atoms with Gasteiger partial charge in [0.15, 0.2) is 0 Å². The fourth-order valence-electron chi connectivity index (χ4n) is 2.66. The smallest absolute Gasteiger partial charge is 0.254 e. The van der Waals surface area contributed by atoms with Crippen molar-refractivity contribution in [1.29, 1.82) is 0 Å². The summed E-state index contributed by atoms with van der Waals surface area (Å²) >= 11 is 0. The summed E-state index contributed by atoms with van der Waals surface area (Å²) in [5, 5.41) is 0. The molecule has 3 heteroatoms. The van der Waals surface area contributed by atoms with Crippen LogP contribution in [-0.2, 0) is 0 Å². The molecule has 1 aromatic carbocycles. The van der Waals surface area contributed by atoms with Crippen LogP contribution in [0.3, 0.4) is 0 Å². The van der Waals surface area contributed by atoms with Gasteiger partial charge in [0.05, 0.1) is 0 Å². The van der Waals surface area contributed by atoms with Gasteiger partial charge in [-0.25, -0.2) is 0 Å². The summed E-state index contributed by atoms with van der Waals surface area (Å²) < 4.78 is 0. The predicted molar refractivity (Wildman–Crippen MR) is 79.1 cm³/mol. The number of carbonyl (C=O) groups excluding carboxylic acids is 1. The Bertz CT molecular complexity index is 474. The molecule has 1 saturated heterocycles. The van der Waals surface area contributed by atoms with Crippen molar-refractivity contribution in [2.45, 2.75) is 40.0 Å². The first-order chi connectivity index (χ1) is 8.97. The lowest BCUT2D eigenvalue weighted by Gasteiger charge is -2.39. The molecule has 1 fully saturated rings. The third kappa shape index (κ3) is 2.75. The highest BCUT2D eigenvalue weighted by Gasteiger charge is 2.31. The van der Waals surface area contributed by atoms with Gasteiger partial charge >= 0.3 is 0 Å². The highest BCUT2D eigenvalue weighted by atomic mass is 16.2. The first-order valence-electron chi connectivity index (χ1n) is 7.11. The Labute approximate surface area is 115 Å². The lowest BCUT2D eigenvalue weighted by molar-refractivity contribution is 0.0599. The van der Waals surface area contributed by atoms with Crippen molar-refractivity contribution in [2.24, 2.45) is 5.41 Å². The van der Waals surface area contributed by atoms with E-state index in [2.05, 4.69) is 13.8 Å². The van der Waals surface area contributed by atoms with Crippen LogP contribution in [-0.4, -0.2) is 23.9 Å². The summed E-state index contributed by atoms with van der Waals surface area (Å²) in [6.45, 7) is 8.19. The Hall–Kier alpha value is -1.51. The zero-order valence-corrected chi connectivity index (χ0v) is 12.2. The van der Waals surface area contributed by atoms with Gasteiger partial charge in [-0.15, -0.1) is 0 Å². The number of likely N-dealkylation sites (tertiary alicyclic amines) is 1. The Morgan fingerprint density at radius 3 is 2.58 bits per heavy atom. The Kier molecular flexibility index (Phi) is 3.83. The molecule has 2 rings (SSSR count). The summed E-state index contributed by atoms with van der Waals surface area (Å²) in [5.74, 6) is 0.128. The van der Waals surface area contributed by atoms with Gasteiger partial charge in [0.2, 0.25) is 0 Å². The minimum absolute atomic E-state index is 0.128. The maximum absolute atomic E-state index is 12.5. The summed E-state index contributed by atoms with van der Waals surface area (Å²) in [4.78, 5) is 14.5. The second-order valence-electron chi connectivity index (χ2n) is 5.98. The van der Waals surface area contributed by atoms with E-state index in [1.54, 1.807) is 0 Å². The Morgan fingerprint density at radius 1 is 1.37 bits per heavy atom. The fourth-order valence-corrected chi connectivity index (χ4v) is 2.66. The average Bonchev–Trinajstić information content (AvgIpc) is 2.42. The molecular formula is C16H24N2O. The number of piperidine rings is 1. The molecule has 0 unspecified atom stereocenters. The number of nitrogens with two attached hydrogens (primary N) is 1. The van der Waals surface area contributed by atoms with Gasteiger partial charge in [0.25, 0.3) is 5.91 Å². The second-order valence-corrected chi connectivity index (χ2v) is 5.98. The SMILES string of the molecule is CCC1(C)CCN(C(=O)c2cccc(N)c2C)CC1. The number of anilines is 1. The van der Waals surface area contributed by atoms with Crippen molar-refractivity contribution < 1.29 is 4.79 Å². The first-order valence-corrected chi connectivity index (χ1v) is 7.11. The first kappa shape index (κ1) is 13.9. The van der Waals surface area contributed by atoms with Crippen LogP contribution in [0.4, 0.5) is 5.69 Å². The molecule has 0 aliphatic carbocycles. The van der Waals surface area contributed by atoms with Crippen molar-refractivity contribution in [3.63, 3.8) is 0 Å². The summed E-state index contributed by atoms with van der Waals surface area (Å²) in [6.07, 6.45) is 3.37. The molecule has 1 amide bonds. The zero-order chi connectivity index (χ0) is 14.0. The zero-order valence-electron chi connectivity index (χ0n) is 12.2. The van der Waals surface area contributed by atoms with Gasteiger partial charge in [0.1, 0.15) is 0 Å². The quantitative estimate of drug-likeness (QED) is 0.830. The van der Waals surface area contributed by atoms with Gasteiger partial charge in [0, 0.05) is 24.3 Å². The van der Waals surface area contributed by atoms with E-state index in [1.807, 2.05) is 30.0 Å². The molecule has 0 atom stereocenters. The van der Waals surface area contributed by atoms with Crippen LogP contribution < -0.4 is 5.73 Å². The van der Waals surface area contributed by atoms with E-state index in [1.165, 1.54) is 6.42 Å². The lowest BCUT2D eigenvalue weighted by atomic mass is 9.78. The number of amides is 1. The molecule has 1 heterocycles. The molecule has 2 N–H and O–H groups in total. The number of nitrogen functional groups attached to an aromatic ring is 1. The maximum atomic E-state index is 12.5.